The zero-order valence-corrected chi connectivity index (χ0v) is 13.0. The molecule has 22 heavy (non-hydrogen) atoms. The molecule has 0 aromatic heterocycles. The molecular weight excluding hydrogens is 280 g/mol. The van der Waals surface area contributed by atoms with E-state index in [1.54, 1.807) is 0 Å². The summed E-state index contributed by atoms with van der Waals surface area (Å²) >= 11 is 0. The van der Waals surface area contributed by atoms with E-state index in [1.807, 2.05) is 12.1 Å². The molecule has 2 N–H and O–H groups in total. The van der Waals surface area contributed by atoms with E-state index in [0.717, 1.165) is 37.7 Å². The SMILES string of the molecule is CCC[C@@H]1[C@H]2Cc3cccc(OCC(=O)O)c3C[C@H]2C[C@H]1O. The number of hydrogen-bond acceptors (Lipinski definition) is 3. The first kappa shape index (κ1) is 15.3. The number of carbonyl (C=O) groups is 1. The molecule has 4 heteroatoms. The molecule has 0 saturated heterocycles. The van der Waals surface area contributed by atoms with Crippen LogP contribution in [-0.2, 0) is 17.6 Å². The summed E-state index contributed by atoms with van der Waals surface area (Å²) in [7, 11) is 0. The average molecular weight is 304 g/mol. The van der Waals surface area contributed by atoms with Crippen LogP contribution in [0.1, 0.15) is 37.3 Å². The van der Waals surface area contributed by atoms with Gasteiger partial charge in [-0.05, 0) is 60.6 Å². The highest BCUT2D eigenvalue weighted by Crippen LogP contribution is 2.48. The number of aliphatic carboxylic acids is 1. The number of hydrogen-bond donors (Lipinski definition) is 2. The molecule has 0 bridgehead atoms. The van der Waals surface area contributed by atoms with Gasteiger partial charge in [-0.1, -0.05) is 25.5 Å². The van der Waals surface area contributed by atoms with Crippen molar-refractivity contribution in [2.24, 2.45) is 17.8 Å². The first-order chi connectivity index (χ1) is 10.6. The lowest BCUT2D eigenvalue weighted by Crippen LogP contribution is -2.27. The molecule has 4 atom stereocenters. The van der Waals surface area contributed by atoms with Crippen molar-refractivity contribution in [1.29, 1.82) is 0 Å². The molecule has 0 unspecified atom stereocenters. The van der Waals surface area contributed by atoms with E-state index in [4.69, 9.17) is 9.84 Å². The smallest absolute Gasteiger partial charge is 0.341 e. The highest BCUT2D eigenvalue weighted by atomic mass is 16.5. The normalized spacial score (nSPS) is 29.7. The summed E-state index contributed by atoms with van der Waals surface area (Å²) in [6.07, 6.45) is 4.75. The number of fused-ring (bicyclic) bond motifs is 2. The maximum atomic E-state index is 10.7. The standard InChI is InChI=1S/C18H24O4/c1-2-4-13-14-7-11-5-3-6-17(22-10-18(20)21)15(11)8-12(14)9-16(13)19/h3,5-6,12-14,16,19H,2,4,7-10H2,1H3,(H,20,21)/t12-,13+,14-,16+/m0/s1. The number of ether oxygens (including phenoxy) is 1. The Morgan fingerprint density at radius 3 is 2.91 bits per heavy atom. The van der Waals surface area contributed by atoms with Crippen molar-refractivity contribution in [1.82, 2.24) is 0 Å². The molecule has 1 fully saturated rings. The number of benzene rings is 1. The van der Waals surface area contributed by atoms with E-state index >= 15 is 0 Å². The molecule has 0 heterocycles. The summed E-state index contributed by atoms with van der Waals surface area (Å²) in [5, 5.41) is 19.2. The van der Waals surface area contributed by atoms with E-state index in [0.29, 0.717) is 23.5 Å². The molecule has 1 saturated carbocycles. The van der Waals surface area contributed by atoms with Crippen LogP contribution in [0.4, 0.5) is 0 Å². The van der Waals surface area contributed by atoms with Crippen molar-refractivity contribution >= 4 is 5.97 Å². The molecule has 120 valence electrons. The third-order valence-corrected chi connectivity index (χ3v) is 5.32. The van der Waals surface area contributed by atoms with E-state index in [-0.39, 0.29) is 12.7 Å². The Hall–Kier alpha value is -1.55. The molecule has 1 aromatic carbocycles. The zero-order chi connectivity index (χ0) is 15.7. The van der Waals surface area contributed by atoms with Crippen molar-refractivity contribution in [3.63, 3.8) is 0 Å². The van der Waals surface area contributed by atoms with Crippen LogP contribution in [0.25, 0.3) is 0 Å². The maximum Gasteiger partial charge on any atom is 0.341 e. The molecule has 0 aliphatic heterocycles. The topological polar surface area (TPSA) is 66.8 Å². The predicted octanol–water partition coefficient (Wildman–Crippen LogP) is 2.66. The zero-order valence-electron chi connectivity index (χ0n) is 13.0. The summed E-state index contributed by atoms with van der Waals surface area (Å²) in [6.45, 7) is 1.88. The predicted molar refractivity (Wildman–Crippen MR) is 83.0 cm³/mol. The molecule has 4 nitrogen and oxygen atoms in total. The van der Waals surface area contributed by atoms with Gasteiger partial charge in [0.2, 0.25) is 0 Å². The molecule has 3 rings (SSSR count). The Morgan fingerprint density at radius 1 is 1.36 bits per heavy atom. The van der Waals surface area contributed by atoms with Crippen molar-refractivity contribution in [3.05, 3.63) is 29.3 Å². The van der Waals surface area contributed by atoms with Gasteiger partial charge >= 0.3 is 5.97 Å². The van der Waals surface area contributed by atoms with E-state index in [9.17, 15) is 9.90 Å². The number of aliphatic hydroxyl groups is 1. The van der Waals surface area contributed by atoms with Crippen LogP contribution in [-0.4, -0.2) is 28.9 Å². The molecular formula is C18H24O4. The van der Waals surface area contributed by atoms with Crippen molar-refractivity contribution in [2.75, 3.05) is 6.61 Å². The fraction of sp³-hybridized carbons (Fsp3) is 0.611. The first-order valence-corrected chi connectivity index (χ1v) is 8.23. The highest BCUT2D eigenvalue weighted by Gasteiger charge is 2.44. The van der Waals surface area contributed by atoms with Gasteiger partial charge in [0.1, 0.15) is 5.75 Å². The minimum Gasteiger partial charge on any atom is -0.482 e. The molecule has 1 aromatic rings. The number of carboxylic acid groups (broad SMARTS) is 1. The molecule has 0 spiro atoms. The summed E-state index contributed by atoms with van der Waals surface area (Å²) in [5.74, 6) is 1.20. The van der Waals surface area contributed by atoms with Crippen molar-refractivity contribution < 1.29 is 19.7 Å². The summed E-state index contributed by atoms with van der Waals surface area (Å²) in [4.78, 5) is 10.7. The lowest BCUT2D eigenvalue weighted by molar-refractivity contribution is -0.139. The number of aliphatic hydroxyl groups excluding tert-OH is 1. The number of rotatable bonds is 5. The fourth-order valence-electron chi connectivity index (χ4n) is 4.41. The van der Waals surface area contributed by atoms with Gasteiger partial charge in [-0.15, -0.1) is 0 Å². The van der Waals surface area contributed by atoms with Gasteiger partial charge < -0.3 is 14.9 Å². The van der Waals surface area contributed by atoms with Gasteiger partial charge in [-0.3, -0.25) is 0 Å². The minimum atomic E-state index is -0.953. The lowest BCUT2D eigenvalue weighted by Gasteiger charge is -2.32. The van der Waals surface area contributed by atoms with Gasteiger partial charge in [0, 0.05) is 0 Å². The Balaban J connectivity index is 1.82. The third-order valence-electron chi connectivity index (χ3n) is 5.32. The third kappa shape index (κ3) is 2.84. The second-order valence-corrected chi connectivity index (χ2v) is 6.66. The van der Waals surface area contributed by atoms with Crippen LogP contribution in [0.15, 0.2) is 18.2 Å². The van der Waals surface area contributed by atoms with Crippen LogP contribution in [0.5, 0.6) is 5.75 Å². The van der Waals surface area contributed by atoms with Crippen molar-refractivity contribution in [3.8, 4) is 5.75 Å². The Morgan fingerprint density at radius 2 is 2.18 bits per heavy atom. The van der Waals surface area contributed by atoms with Gasteiger partial charge in [-0.2, -0.15) is 0 Å². The van der Waals surface area contributed by atoms with E-state index in [2.05, 4.69) is 13.0 Å². The summed E-state index contributed by atoms with van der Waals surface area (Å²) in [5.41, 5.74) is 2.41. The Kier molecular flexibility index (Phi) is 4.39. The monoisotopic (exact) mass is 304 g/mol. The largest absolute Gasteiger partial charge is 0.482 e. The van der Waals surface area contributed by atoms with Crippen molar-refractivity contribution in [2.45, 2.75) is 45.1 Å². The average Bonchev–Trinajstić information content (AvgIpc) is 2.79. The molecule has 0 amide bonds. The molecule has 2 aliphatic carbocycles. The summed E-state index contributed by atoms with van der Waals surface area (Å²) < 4.78 is 5.45. The highest BCUT2D eigenvalue weighted by molar-refractivity contribution is 5.68. The van der Waals surface area contributed by atoms with Gasteiger partial charge in [0.25, 0.3) is 0 Å². The van der Waals surface area contributed by atoms with Crippen LogP contribution < -0.4 is 4.74 Å². The van der Waals surface area contributed by atoms with Gasteiger partial charge in [-0.25, -0.2) is 4.79 Å². The molecule has 2 aliphatic rings. The van der Waals surface area contributed by atoms with E-state index in [1.165, 1.54) is 5.56 Å². The Bertz CT molecular complexity index is 554. The van der Waals surface area contributed by atoms with Crippen LogP contribution in [0, 0.1) is 17.8 Å². The fourth-order valence-corrected chi connectivity index (χ4v) is 4.41. The van der Waals surface area contributed by atoms with Gasteiger partial charge in [0.05, 0.1) is 6.10 Å². The maximum absolute atomic E-state index is 10.7. The first-order valence-electron chi connectivity index (χ1n) is 8.23. The van der Waals surface area contributed by atoms with Gasteiger partial charge in [0.15, 0.2) is 6.61 Å². The summed E-state index contributed by atoms with van der Waals surface area (Å²) in [6, 6.07) is 5.92. The number of carboxylic acids is 1. The van der Waals surface area contributed by atoms with Crippen LogP contribution in [0.3, 0.4) is 0 Å². The lowest BCUT2D eigenvalue weighted by atomic mass is 9.73. The van der Waals surface area contributed by atoms with Crippen LogP contribution in [0.2, 0.25) is 0 Å². The second-order valence-electron chi connectivity index (χ2n) is 6.66. The Labute approximate surface area is 131 Å². The minimum absolute atomic E-state index is 0.187. The quantitative estimate of drug-likeness (QED) is 0.877. The van der Waals surface area contributed by atoms with E-state index < -0.39 is 5.97 Å². The molecule has 0 radical (unpaired) electrons. The van der Waals surface area contributed by atoms with Crippen LogP contribution >= 0.6 is 0 Å². The second kappa shape index (κ2) is 6.29.